The van der Waals surface area contributed by atoms with E-state index in [4.69, 9.17) is 4.74 Å². The molecule has 0 aliphatic heterocycles. The summed E-state index contributed by atoms with van der Waals surface area (Å²) in [5, 5.41) is 14.2. The Balaban J connectivity index is 1.51. The Kier molecular flexibility index (Phi) is 4.35. The van der Waals surface area contributed by atoms with Gasteiger partial charge in [-0.25, -0.2) is 9.37 Å². The number of hydrogen-bond acceptors (Lipinski definition) is 6. The van der Waals surface area contributed by atoms with Crippen molar-refractivity contribution in [3.63, 3.8) is 0 Å². The molecule has 0 saturated heterocycles. The summed E-state index contributed by atoms with van der Waals surface area (Å²) in [5.74, 6) is 0.474. The van der Waals surface area contributed by atoms with Crippen molar-refractivity contribution in [1.29, 1.82) is 0 Å². The number of ether oxygens (including phenoxy) is 1. The van der Waals surface area contributed by atoms with Gasteiger partial charge in [0.25, 0.3) is 0 Å². The van der Waals surface area contributed by atoms with Crippen molar-refractivity contribution in [3.05, 3.63) is 36.7 Å². The molecule has 0 aromatic carbocycles. The van der Waals surface area contributed by atoms with Crippen LogP contribution >= 0.6 is 0 Å². The summed E-state index contributed by atoms with van der Waals surface area (Å²) >= 11 is 0. The maximum atomic E-state index is 14.4. The molecule has 3 N–H and O–H groups in total. The Morgan fingerprint density at radius 3 is 2.90 bits per heavy atom. The lowest BCUT2D eigenvalue weighted by atomic mass is 9.84. The topological polar surface area (TPSA) is 100 Å². The van der Waals surface area contributed by atoms with E-state index in [0.29, 0.717) is 28.4 Å². The lowest BCUT2D eigenvalue weighted by Crippen LogP contribution is -2.36. The second-order valence-corrected chi connectivity index (χ2v) is 8.13. The summed E-state index contributed by atoms with van der Waals surface area (Å²) in [6, 6.07) is 1.64. The van der Waals surface area contributed by atoms with Gasteiger partial charge in [0.05, 0.1) is 18.1 Å². The van der Waals surface area contributed by atoms with E-state index in [1.807, 2.05) is 13.1 Å². The van der Waals surface area contributed by atoms with Gasteiger partial charge in [-0.3, -0.25) is 0 Å². The highest BCUT2D eigenvalue weighted by Gasteiger charge is 2.29. The number of aromatic amines is 1. The first-order valence-corrected chi connectivity index (χ1v) is 9.98. The fraction of sp³-hybridized carbons (Fsp3) is 0.381. The number of H-pyrrole nitrogens is 1. The van der Waals surface area contributed by atoms with Gasteiger partial charge in [-0.15, -0.1) is 0 Å². The lowest BCUT2D eigenvalue weighted by Gasteiger charge is -2.33. The Hall–Kier alpha value is -3.20. The van der Waals surface area contributed by atoms with E-state index in [-0.39, 0.29) is 11.7 Å². The zero-order valence-electron chi connectivity index (χ0n) is 16.8. The van der Waals surface area contributed by atoms with Gasteiger partial charge in [-0.05, 0) is 38.7 Å². The smallest absolute Gasteiger partial charge is 0.228 e. The second-order valence-electron chi connectivity index (χ2n) is 8.13. The highest BCUT2D eigenvalue weighted by atomic mass is 19.1. The van der Waals surface area contributed by atoms with E-state index in [1.165, 1.54) is 6.07 Å². The van der Waals surface area contributed by atoms with Crippen LogP contribution in [0.3, 0.4) is 0 Å². The summed E-state index contributed by atoms with van der Waals surface area (Å²) in [6.45, 7) is 1.87. The van der Waals surface area contributed by atoms with Crippen molar-refractivity contribution in [2.24, 2.45) is 0 Å². The molecule has 1 saturated carbocycles. The van der Waals surface area contributed by atoms with Crippen molar-refractivity contribution in [3.8, 4) is 17.0 Å². The van der Waals surface area contributed by atoms with Gasteiger partial charge < -0.3 is 24.5 Å². The molecule has 0 spiro atoms. The molecule has 4 aromatic rings. The average molecular weight is 410 g/mol. The fourth-order valence-corrected chi connectivity index (χ4v) is 4.14. The van der Waals surface area contributed by atoms with Crippen molar-refractivity contribution in [1.82, 2.24) is 24.3 Å². The highest BCUT2D eigenvalue weighted by Crippen LogP contribution is 2.35. The molecular weight excluding hydrogens is 387 g/mol. The van der Waals surface area contributed by atoms with Crippen LogP contribution in [0.25, 0.3) is 27.8 Å². The standard InChI is InChI=1S/C21H23FN6O2/c1-21(29)5-3-13(4-6-21)25-20-26-17-16(19(27-20)30-2)14(10-24-17)12-9-15(22)18-23-7-8-28(18)11-12/h7-11,13,29H,3-6H2,1-2H3,(H2,24,25,26,27)/t13-,21-. The first-order chi connectivity index (χ1) is 14.4. The zero-order chi connectivity index (χ0) is 20.9. The summed E-state index contributed by atoms with van der Waals surface area (Å²) in [5.41, 5.74) is 1.70. The van der Waals surface area contributed by atoms with Crippen molar-refractivity contribution < 1.29 is 14.2 Å². The van der Waals surface area contributed by atoms with E-state index in [9.17, 15) is 9.50 Å². The quantitative estimate of drug-likeness (QED) is 0.476. The van der Waals surface area contributed by atoms with E-state index >= 15 is 0 Å². The van der Waals surface area contributed by atoms with E-state index < -0.39 is 11.4 Å². The van der Waals surface area contributed by atoms with Crippen LogP contribution in [0.2, 0.25) is 0 Å². The predicted molar refractivity (Wildman–Crippen MR) is 111 cm³/mol. The van der Waals surface area contributed by atoms with Gasteiger partial charge in [0, 0.05) is 42.0 Å². The van der Waals surface area contributed by atoms with Gasteiger partial charge >= 0.3 is 0 Å². The molecule has 1 aliphatic rings. The molecular formula is C21H23FN6O2. The predicted octanol–water partition coefficient (Wildman–Crippen LogP) is 3.53. The van der Waals surface area contributed by atoms with E-state index in [2.05, 4.69) is 25.3 Å². The maximum absolute atomic E-state index is 14.4. The summed E-state index contributed by atoms with van der Waals surface area (Å²) in [6.07, 6.45) is 10.0. The number of pyridine rings is 1. The number of hydrogen-bond donors (Lipinski definition) is 3. The van der Waals surface area contributed by atoms with Gasteiger partial charge in [0.15, 0.2) is 11.5 Å². The number of fused-ring (bicyclic) bond motifs is 2. The third kappa shape index (κ3) is 3.24. The summed E-state index contributed by atoms with van der Waals surface area (Å²) in [4.78, 5) is 16.3. The molecule has 0 amide bonds. The number of nitrogens with zero attached hydrogens (tertiary/aromatic N) is 4. The van der Waals surface area contributed by atoms with Crippen molar-refractivity contribution >= 4 is 22.6 Å². The minimum absolute atomic E-state index is 0.194. The Morgan fingerprint density at radius 2 is 2.13 bits per heavy atom. The third-order valence-corrected chi connectivity index (χ3v) is 5.84. The first kappa shape index (κ1) is 18.8. The van der Waals surface area contributed by atoms with Gasteiger partial charge in [0.1, 0.15) is 5.65 Å². The van der Waals surface area contributed by atoms with Gasteiger partial charge in [-0.2, -0.15) is 9.97 Å². The Morgan fingerprint density at radius 1 is 1.33 bits per heavy atom. The van der Waals surface area contributed by atoms with Gasteiger partial charge in [-0.1, -0.05) is 0 Å². The molecule has 156 valence electrons. The average Bonchev–Trinajstić information content (AvgIpc) is 3.36. The molecule has 1 aliphatic carbocycles. The molecule has 4 heterocycles. The molecule has 8 nitrogen and oxygen atoms in total. The van der Waals surface area contributed by atoms with Crippen molar-refractivity contribution in [2.45, 2.75) is 44.2 Å². The lowest BCUT2D eigenvalue weighted by molar-refractivity contribution is 0.0195. The fourth-order valence-electron chi connectivity index (χ4n) is 4.14. The minimum atomic E-state index is -0.597. The Bertz CT molecular complexity index is 1220. The second kappa shape index (κ2) is 6.94. The first-order valence-electron chi connectivity index (χ1n) is 9.98. The third-order valence-electron chi connectivity index (χ3n) is 5.84. The van der Waals surface area contributed by atoms with Crippen LogP contribution < -0.4 is 10.1 Å². The molecule has 5 rings (SSSR count). The highest BCUT2D eigenvalue weighted by molar-refractivity contribution is 5.97. The largest absolute Gasteiger partial charge is 0.480 e. The summed E-state index contributed by atoms with van der Waals surface area (Å²) < 4.78 is 21.6. The maximum Gasteiger partial charge on any atom is 0.228 e. The van der Waals surface area contributed by atoms with Crippen LogP contribution in [-0.4, -0.2) is 48.2 Å². The molecule has 30 heavy (non-hydrogen) atoms. The molecule has 0 unspecified atom stereocenters. The van der Waals surface area contributed by atoms with E-state index in [0.717, 1.165) is 31.2 Å². The number of nitrogens with one attached hydrogen (secondary N) is 2. The number of aliphatic hydroxyl groups is 1. The molecule has 1 fully saturated rings. The molecule has 0 bridgehead atoms. The number of aromatic nitrogens is 5. The van der Waals surface area contributed by atoms with E-state index in [1.54, 1.807) is 30.1 Å². The molecule has 0 atom stereocenters. The summed E-state index contributed by atoms with van der Waals surface area (Å²) in [7, 11) is 1.56. The van der Waals surface area contributed by atoms with Gasteiger partial charge in [0.2, 0.25) is 11.8 Å². The van der Waals surface area contributed by atoms with Crippen LogP contribution in [0.4, 0.5) is 10.3 Å². The normalized spacial score (nSPS) is 21.9. The van der Waals surface area contributed by atoms with Crippen molar-refractivity contribution in [2.75, 3.05) is 12.4 Å². The monoisotopic (exact) mass is 410 g/mol. The van der Waals surface area contributed by atoms with Crippen LogP contribution in [0, 0.1) is 5.82 Å². The Labute approximate surface area is 172 Å². The zero-order valence-corrected chi connectivity index (χ0v) is 16.8. The SMILES string of the molecule is COc1nc(N[C@H]2CC[C@](C)(O)CC2)nc2[nH]cc(-c3cc(F)c4nccn4c3)c12. The van der Waals surface area contributed by atoms with Crippen LogP contribution in [0.1, 0.15) is 32.6 Å². The number of rotatable bonds is 4. The molecule has 9 heteroatoms. The van der Waals surface area contributed by atoms with Crippen LogP contribution in [0.5, 0.6) is 5.88 Å². The molecule has 4 aromatic heterocycles. The van der Waals surface area contributed by atoms with Crippen LogP contribution in [-0.2, 0) is 0 Å². The molecule has 0 radical (unpaired) electrons. The number of methoxy groups -OCH3 is 1. The number of halogens is 1. The van der Waals surface area contributed by atoms with Crippen LogP contribution in [0.15, 0.2) is 30.9 Å². The minimum Gasteiger partial charge on any atom is -0.480 e. The number of anilines is 1. The number of imidazole rings is 1.